The molecule has 4 aliphatic heterocycles. The zero-order valence-corrected chi connectivity index (χ0v) is 19.9. The largest absolute Gasteiger partial charge is 0.507 e. The number of phenolic OH excluding ortho intramolecular Hbond substituents is 1. The second kappa shape index (κ2) is 5.93. The second-order valence-electron chi connectivity index (χ2n) is 11.8. The Kier molecular flexibility index (Phi) is 3.51. The van der Waals surface area contributed by atoms with Gasteiger partial charge in [-0.1, -0.05) is 32.9 Å². The smallest absolute Gasteiger partial charge is 0.342 e. The quantitative estimate of drug-likeness (QED) is 0.519. The molecule has 8 rings (SSSR count). The maximum absolute atomic E-state index is 13.4. The molecule has 2 unspecified atom stereocenters. The summed E-state index contributed by atoms with van der Waals surface area (Å²) >= 11 is 0. The third-order valence-electron chi connectivity index (χ3n) is 10.4. The van der Waals surface area contributed by atoms with Gasteiger partial charge in [-0.05, 0) is 48.8 Å². The lowest BCUT2D eigenvalue weighted by Crippen LogP contribution is -2.70. The Morgan fingerprint density at radius 2 is 1.97 bits per heavy atom. The van der Waals surface area contributed by atoms with Crippen LogP contribution in [0.15, 0.2) is 35.4 Å². The number of benzene rings is 1. The van der Waals surface area contributed by atoms with E-state index in [2.05, 4.69) is 20.8 Å². The van der Waals surface area contributed by atoms with Crippen molar-refractivity contribution in [2.75, 3.05) is 6.61 Å². The molecule has 7 aliphatic rings. The molecule has 184 valence electrons. The fraction of sp³-hybridized carbons (Fsp3) is 0.630. The molecule has 3 saturated heterocycles. The summed E-state index contributed by atoms with van der Waals surface area (Å²) in [4.78, 5) is 25.7. The van der Waals surface area contributed by atoms with Crippen molar-refractivity contribution in [3.8, 4) is 5.75 Å². The number of esters is 2. The van der Waals surface area contributed by atoms with Crippen LogP contribution in [-0.4, -0.2) is 64.9 Å². The van der Waals surface area contributed by atoms with E-state index in [1.165, 1.54) is 6.07 Å². The van der Waals surface area contributed by atoms with Crippen molar-refractivity contribution in [3.05, 3.63) is 41.0 Å². The van der Waals surface area contributed by atoms with E-state index in [4.69, 9.17) is 23.7 Å². The monoisotopic (exact) mass is 480 g/mol. The Balaban J connectivity index is 1.24. The molecular weight excluding hydrogens is 452 g/mol. The number of carbonyl (C=O) groups excluding carboxylic acids is 2. The summed E-state index contributed by atoms with van der Waals surface area (Å²) in [5, 5.41) is 10.3. The molecule has 1 aromatic rings. The first kappa shape index (κ1) is 20.7. The van der Waals surface area contributed by atoms with Crippen LogP contribution in [0.3, 0.4) is 0 Å². The molecule has 3 aliphatic carbocycles. The number of carbonyl (C=O) groups is 2. The van der Waals surface area contributed by atoms with Crippen LogP contribution in [0.5, 0.6) is 5.75 Å². The second-order valence-corrected chi connectivity index (χ2v) is 11.8. The summed E-state index contributed by atoms with van der Waals surface area (Å²) in [5.41, 5.74) is -0.397. The van der Waals surface area contributed by atoms with Crippen molar-refractivity contribution in [2.45, 2.75) is 81.3 Å². The van der Waals surface area contributed by atoms with E-state index >= 15 is 0 Å². The molecule has 8 nitrogen and oxygen atoms in total. The predicted molar refractivity (Wildman–Crippen MR) is 118 cm³/mol. The van der Waals surface area contributed by atoms with Gasteiger partial charge in [0.2, 0.25) is 0 Å². The van der Waals surface area contributed by atoms with Gasteiger partial charge < -0.3 is 28.8 Å². The first-order valence-corrected chi connectivity index (χ1v) is 12.6. The number of rotatable bonds is 3. The summed E-state index contributed by atoms with van der Waals surface area (Å²) in [6, 6.07) is 6.41. The first-order chi connectivity index (χ1) is 16.7. The van der Waals surface area contributed by atoms with E-state index in [0.717, 1.165) is 24.0 Å². The molecule has 0 aromatic heterocycles. The summed E-state index contributed by atoms with van der Waals surface area (Å²) in [7, 11) is 0. The summed E-state index contributed by atoms with van der Waals surface area (Å²) < 4.78 is 31.4. The van der Waals surface area contributed by atoms with Crippen molar-refractivity contribution in [2.24, 2.45) is 17.3 Å². The minimum Gasteiger partial charge on any atom is -0.507 e. The van der Waals surface area contributed by atoms with Crippen LogP contribution >= 0.6 is 0 Å². The first-order valence-electron chi connectivity index (χ1n) is 12.6. The molecule has 2 spiro atoms. The van der Waals surface area contributed by atoms with Gasteiger partial charge in [-0.2, -0.15) is 0 Å². The maximum atomic E-state index is 13.4. The van der Waals surface area contributed by atoms with Crippen LogP contribution in [0.1, 0.15) is 50.4 Å². The summed E-state index contributed by atoms with van der Waals surface area (Å²) in [5.74, 6) is -0.708. The minimum absolute atomic E-state index is 0.0724. The highest BCUT2D eigenvalue weighted by molar-refractivity contribution is 5.93. The standard InChI is InChI=1S/C27H28O8/c1-12(2)25-19(34-25)20-27(35-20)24(3)9-8-13-15(11-31-21(13)29)16(24)10-18-26(27,33-18)23(25)32-22(30)14-6-4-5-7-17(14)28/h4-7,12,16,18-20,23,28H,8-11H2,1-3H3/t16-,18+,19-,20-,23-,24+,25-,26?,27?/m1/s1. The fourth-order valence-corrected chi connectivity index (χ4v) is 8.66. The molecule has 1 N–H and O–H groups in total. The Bertz CT molecular complexity index is 1250. The van der Waals surface area contributed by atoms with Crippen molar-refractivity contribution in [3.63, 3.8) is 0 Å². The minimum atomic E-state index is -0.804. The summed E-state index contributed by atoms with van der Waals surface area (Å²) in [6.07, 6.45) is 1.01. The van der Waals surface area contributed by atoms with Gasteiger partial charge in [0.25, 0.3) is 0 Å². The van der Waals surface area contributed by atoms with Crippen LogP contribution in [0.4, 0.5) is 0 Å². The van der Waals surface area contributed by atoms with Crippen molar-refractivity contribution < 1.29 is 38.4 Å². The average molecular weight is 481 g/mol. The van der Waals surface area contributed by atoms with E-state index in [1.807, 2.05) is 0 Å². The van der Waals surface area contributed by atoms with Gasteiger partial charge in [-0.15, -0.1) is 0 Å². The molecule has 0 radical (unpaired) electrons. The number of ether oxygens (including phenoxy) is 5. The number of para-hydroxylation sites is 1. The molecule has 2 saturated carbocycles. The highest BCUT2D eigenvalue weighted by atomic mass is 16.8. The van der Waals surface area contributed by atoms with E-state index in [-0.39, 0.29) is 52.8 Å². The average Bonchev–Trinajstić information content (AvgIpc) is 3.73. The number of epoxide rings is 3. The van der Waals surface area contributed by atoms with Crippen molar-refractivity contribution >= 4 is 11.9 Å². The molecular formula is C27H28O8. The predicted octanol–water partition coefficient (Wildman–Crippen LogP) is 2.67. The molecule has 35 heavy (non-hydrogen) atoms. The number of fused-ring (bicyclic) bond motifs is 4. The van der Waals surface area contributed by atoms with Gasteiger partial charge in [-0.3, -0.25) is 0 Å². The van der Waals surface area contributed by atoms with E-state index < -0.39 is 28.9 Å². The fourth-order valence-electron chi connectivity index (χ4n) is 8.66. The Morgan fingerprint density at radius 1 is 1.17 bits per heavy atom. The highest BCUT2D eigenvalue weighted by Gasteiger charge is 3.01. The van der Waals surface area contributed by atoms with Gasteiger partial charge in [0.15, 0.2) is 11.7 Å². The van der Waals surface area contributed by atoms with Gasteiger partial charge in [0, 0.05) is 11.0 Å². The number of aromatic hydroxyl groups is 1. The molecule has 8 heteroatoms. The third kappa shape index (κ3) is 2.03. The molecule has 5 fully saturated rings. The number of hydrogen-bond donors (Lipinski definition) is 1. The van der Waals surface area contributed by atoms with Crippen molar-refractivity contribution in [1.29, 1.82) is 0 Å². The van der Waals surface area contributed by atoms with Gasteiger partial charge in [-0.25, -0.2) is 9.59 Å². The molecule has 0 bridgehead atoms. The zero-order valence-electron chi connectivity index (χ0n) is 19.9. The topological polar surface area (TPSA) is 110 Å². The number of hydrogen-bond acceptors (Lipinski definition) is 8. The van der Waals surface area contributed by atoms with Gasteiger partial charge in [0.05, 0.1) is 6.10 Å². The number of cyclic esters (lactones) is 1. The molecule has 0 amide bonds. The lowest BCUT2D eigenvalue weighted by molar-refractivity contribution is -0.136. The zero-order chi connectivity index (χ0) is 24.1. The highest BCUT2D eigenvalue weighted by Crippen LogP contribution is 2.83. The van der Waals surface area contributed by atoms with Crippen LogP contribution in [-0.2, 0) is 28.5 Å². The van der Waals surface area contributed by atoms with Crippen LogP contribution in [0.25, 0.3) is 0 Å². The SMILES string of the molecule is CC(C)[C@@]12O[C@@H]1[C@H]1OC13C1(O[C@H]1C[C@@H]1C4=C(CC[C@@]13C)C(=O)OC4)[C@@H]2OC(=O)c1ccccc1O. The molecule has 9 atom stereocenters. The van der Waals surface area contributed by atoms with E-state index in [1.54, 1.807) is 18.2 Å². The Morgan fingerprint density at radius 3 is 2.74 bits per heavy atom. The lowest BCUT2D eigenvalue weighted by Gasteiger charge is -2.53. The Hall–Kier alpha value is -2.42. The van der Waals surface area contributed by atoms with Crippen LogP contribution in [0, 0.1) is 17.3 Å². The van der Waals surface area contributed by atoms with Crippen molar-refractivity contribution in [1.82, 2.24) is 0 Å². The molecule has 1 aromatic carbocycles. The van der Waals surface area contributed by atoms with Gasteiger partial charge >= 0.3 is 11.9 Å². The summed E-state index contributed by atoms with van der Waals surface area (Å²) in [6.45, 7) is 6.75. The number of phenols is 1. The Labute approximate surface area is 202 Å². The molecule has 4 heterocycles. The van der Waals surface area contributed by atoms with E-state index in [0.29, 0.717) is 13.0 Å². The van der Waals surface area contributed by atoms with E-state index in [9.17, 15) is 14.7 Å². The van der Waals surface area contributed by atoms with Gasteiger partial charge in [0.1, 0.15) is 41.3 Å². The van der Waals surface area contributed by atoms with Crippen LogP contribution in [0.2, 0.25) is 0 Å². The lowest BCUT2D eigenvalue weighted by atomic mass is 9.46. The third-order valence-corrected chi connectivity index (χ3v) is 10.4. The normalized spacial score (nSPS) is 49.6. The van der Waals surface area contributed by atoms with Crippen LogP contribution < -0.4 is 0 Å². The maximum Gasteiger partial charge on any atom is 0.342 e.